The third-order valence-corrected chi connectivity index (χ3v) is 3.64. The monoisotopic (exact) mass is 276 g/mol. The fraction of sp³-hybridized carbons (Fsp3) is 0.333. The number of hydrogen-bond donors (Lipinski definition) is 1. The Morgan fingerprint density at radius 2 is 2.32 bits per heavy atom. The van der Waals surface area contributed by atoms with Crippen LogP contribution in [0.2, 0.25) is 0 Å². The molecule has 98 valence electrons. The number of para-hydroxylation sites is 1. The van der Waals surface area contributed by atoms with Crippen molar-refractivity contribution in [3.63, 3.8) is 0 Å². The van der Waals surface area contributed by atoms with E-state index in [4.69, 9.17) is 4.74 Å². The normalized spacial score (nSPS) is 20.5. The number of benzene rings is 1. The van der Waals surface area contributed by atoms with Gasteiger partial charge in [-0.3, -0.25) is 4.79 Å². The van der Waals surface area contributed by atoms with Crippen molar-refractivity contribution in [2.24, 2.45) is 15.2 Å². The Labute approximate surface area is 114 Å². The fourth-order valence-corrected chi connectivity index (χ4v) is 2.62. The number of thioether (sulfide) groups is 1. The summed E-state index contributed by atoms with van der Waals surface area (Å²) in [5, 5.41) is 11.2. The van der Waals surface area contributed by atoms with Crippen molar-refractivity contribution in [3.8, 4) is 5.75 Å². The molecule has 1 aromatic carbocycles. The van der Waals surface area contributed by atoms with Gasteiger partial charge in [0.2, 0.25) is 5.17 Å². The van der Waals surface area contributed by atoms with Crippen molar-refractivity contribution in [1.29, 1.82) is 0 Å². The first kappa shape index (κ1) is 12.2. The highest BCUT2D eigenvalue weighted by atomic mass is 32.2. The molecule has 1 aromatic rings. The van der Waals surface area contributed by atoms with Gasteiger partial charge in [-0.05, 0) is 12.1 Å². The summed E-state index contributed by atoms with van der Waals surface area (Å²) in [5.74, 6) is 1.32. The summed E-state index contributed by atoms with van der Waals surface area (Å²) in [7, 11) is 0. The van der Waals surface area contributed by atoms with Gasteiger partial charge in [0.05, 0.1) is 5.56 Å². The van der Waals surface area contributed by atoms with Gasteiger partial charge in [0.1, 0.15) is 5.75 Å². The molecule has 6 nitrogen and oxygen atoms in total. The number of carbonyl (C=O) groups excluding carboxylic acids is 1. The summed E-state index contributed by atoms with van der Waals surface area (Å²) in [5.41, 5.74) is 0.584. The summed E-state index contributed by atoms with van der Waals surface area (Å²) in [6, 6.07) is 7.24. The van der Waals surface area contributed by atoms with Gasteiger partial charge >= 0.3 is 0 Å². The van der Waals surface area contributed by atoms with Crippen LogP contribution in [-0.4, -0.2) is 29.7 Å². The smallest absolute Gasteiger partial charge is 0.257 e. The molecule has 0 bridgehead atoms. The number of carbonyl (C=O) groups is 1. The van der Waals surface area contributed by atoms with Gasteiger partial charge in [-0.1, -0.05) is 23.9 Å². The van der Waals surface area contributed by atoms with Gasteiger partial charge in [-0.25, -0.2) is 4.99 Å². The lowest BCUT2D eigenvalue weighted by Gasteiger charge is -2.26. The minimum Gasteiger partial charge on any atom is -0.470 e. The summed E-state index contributed by atoms with van der Waals surface area (Å²) >= 11 is 1.52. The Hall–Kier alpha value is -1.89. The maximum absolute atomic E-state index is 11.9. The first-order valence-corrected chi connectivity index (χ1v) is 6.93. The van der Waals surface area contributed by atoms with E-state index in [1.54, 1.807) is 6.07 Å². The second kappa shape index (κ2) is 5.40. The Morgan fingerprint density at radius 3 is 3.16 bits per heavy atom. The lowest BCUT2D eigenvalue weighted by atomic mass is 10.1. The molecule has 1 amide bonds. The van der Waals surface area contributed by atoms with E-state index in [-0.39, 0.29) is 12.1 Å². The summed E-state index contributed by atoms with van der Waals surface area (Å²) in [6.07, 6.45) is 0.396. The first-order chi connectivity index (χ1) is 9.33. The fourth-order valence-electron chi connectivity index (χ4n) is 1.84. The topological polar surface area (TPSA) is 75.4 Å². The van der Waals surface area contributed by atoms with Crippen LogP contribution in [0.25, 0.3) is 0 Å². The summed E-state index contributed by atoms with van der Waals surface area (Å²) in [4.78, 5) is 15.9. The third kappa shape index (κ3) is 2.76. The van der Waals surface area contributed by atoms with Crippen molar-refractivity contribution in [2.75, 3.05) is 12.4 Å². The van der Waals surface area contributed by atoms with E-state index in [0.717, 1.165) is 5.75 Å². The largest absolute Gasteiger partial charge is 0.470 e. The quantitative estimate of drug-likeness (QED) is 0.917. The number of rotatable bonds is 3. The number of aliphatic imine (C=N–C) groups is 1. The Balaban J connectivity index is 1.56. The molecule has 3 rings (SSSR count). The zero-order chi connectivity index (χ0) is 13.1. The lowest BCUT2D eigenvalue weighted by molar-refractivity contribution is 0.0752. The molecule has 0 saturated heterocycles. The number of amidine groups is 1. The van der Waals surface area contributed by atoms with Crippen molar-refractivity contribution in [3.05, 3.63) is 29.8 Å². The Kier molecular flexibility index (Phi) is 3.45. The van der Waals surface area contributed by atoms with Gasteiger partial charge in [-0.2, -0.15) is 5.11 Å². The number of amides is 1. The second-order valence-corrected chi connectivity index (χ2v) is 5.10. The summed E-state index contributed by atoms with van der Waals surface area (Å²) < 4.78 is 5.73. The molecule has 0 aromatic heterocycles. The van der Waals surface area contributed by atoms with Crippen LogP contribution >= 0.6 is 11.8 Å². The molecule has 0 saturated carbocycles. The molecule has 2 aliphatic heterocycles. The van der Waals surface area contributed by atoms with Crippen LogP contribution in [0, 0.1) is 0 Å². The van der Waals surface area contributed by atoms with Crippen LogP contribution in [0.5, 0.6) is 5.75 Å². The lowest BCUT2D eigenvalue weighted by Crippen LogP contribution is -2.43. The van der Waals surface area contributed by atoms with E-state index >= 15 is 0 Å². The molecule has 2 heterocycles. The minimum atomic E-state index is -0.297. The molecule has 1 N–H and O–H groups in total. The van der Waals surface area contributed by atoms with Gasteiger partial charge in [0, 0.05) is 12.2 Å². The van der Waals surface area contributed by atoms with Crippen LogP contribution < -0.4 is 10.1 Å². The predicted molar refractivity (Wildman–Crippen MR) is 72.6 cm³/mol. The number of nitrogens with zero attached hydrogens (tertiary/aromatic N) is 3. The summed E-state index contributed by atoms with van der Waals surface area (Å²) in [6.45, 7) is 0.423. The van der Waals surface area contributed by atoms with E-state index in [9.17, 15) is 4.79 Å². The number of azo groups is 1. The average Bonchev–Trinajstić information content (AvgIpc) is 2.92. The van der Waals surface area contributed by atoms with E-state index in [1.807, 2.05) is 18.2 Å². The van der Waals surface area contributed by atoms with E-state index in [2.05, 4.69) is 20.5 Å². The van der Waals surface area contributed by atoms with Gasteiger partial charge in [0.15, 0.2) is 12.9 Å². The van der Waals surface area contributed by atoms with E-state index in [1.165, 1.54) is 11.8 Å². The molecule has 0 fully saturated rings. The maximum atomic E-state index is 11.9. The third-order valence-electron chi connectivity index (χ3n) is 2.73. The number of hydrogen-bond acceptors (Lipinski definition) is 6. The molecule has 1 unspecified atom stereocenters. The van der Waals surface area contributed by atoms with Gasteiger partial charge < -0.3 is 10.1 Å². The van der Waals surface area contributed by atoms with Crippen LogP contribution in [-0.2, 0) is 0 Å². The van der Waals surface area contributed by atoms with Crippen molar-refractivity contribution < 1.29 is 9.53 Å². The molecule has 0 radical (unpaired) electrons. The molecule has 1 atom stereocenters. The Bertz CT molecular complexity index is 558. The van der Waals surface area contributed by atoms with Gasteiger partial charge in [-0.15, -0.1) is 5.11 Å². The molecule has 19 heavy (non-hydrogen) atoms. The SMILES string of the molecule is O=C1NC(CCSC2=NCN=N2)Oc2ccccc21. The molecular weight excluding hydrogens is 264 g/mol. The van der Waals surface area contributed by atoms with Crippen LogP contribution in [0.1, 0.15) is 16.8 Å². The van der Waals surface area contributed by atoms with Crippen LogP contribution in [0.4, 0.5) is 0 Å². The van der Waals surface area contributed by atoms with Gasteiger partial charge in [0.25, 0.3) is 5.91 Å². The number of nitrogens with one attached hydrogen (secondary N) is 1. The van der Waals surface area contributed by atoms with Crippen LogP contribution in [0.3, 0.4) is 0 Å². The van der Waals surface area contributed by atoms with Crippen molar-refractivity contribution >= 4 is 22.8 Å². The van der Waals surface area contributed by atoms with E-state index < -0.39 is 0 Å². The molecular formula is C12H12N4O2S. The molecule has 2 aliphatic rings. The second-order valence-electron chi connectivity index (χ2n) is 4.04. The number of fused-ring (bicyclic) bond motifs is 1. The maximum Gasteiger partial charge on any atom is 0.257 e. The predicted octanol–water partition coefficient (Wildman–Crippen LogP) is 2.04. The van der Waals surface area contributed by atoms with E-state index in [0.29, 0.717) is 29.6 Å². The molecule has 0 spiro atoms. The zero-order valence-electron chi connectivity index (χ0n) is 10.1. The average molecular weight is 276 g/mol. The highest BCUT2D eigenvalue weighted by Gasteiger charge is 2.24. The molecule has 0 aliphatic carbocycles. The first-order valence-electron chi connectivity index (χ1n) is 5.94. The zero-order valence-corrected chi connectivity index (χ0v) is 10.9. The Morgan fingerprint density at radius 1 is 1.42 bits per heavy atom. The van der Waals surface area contributed by atoms with Crippen molar-refractivity contribution in [2.45, 2.75) is 12.6 Å². The van der Waals surface area contributed by atoms with Crippen molar-refractivity contribution in [1.82, 2.24) is 5.32 Å². The van der Waals surface area contributed by atoms with Crippen LogP contribution in [0.15, 0.2) is 39.5 Å². The standard InChI is InChI=1S/C12H12N4O2S/c17-11-8-3-1-2-4-9(8)18-10(15-11)5-6-19-12-13-7-14-16-12/h1-4,10H,5-7H2,(H,15,17). The highest BCUT2D eigenvalue weighted by molar-refractivity contribution is 8.13. The number of ether oxygens (including phenoxy) is 1. The molecule has 7 heteroatoms. The highest BCUT2D eigenvalue weighted by Crippen LogP contribution is 2.24. The minimum absolute atomic E-state index is 0.0882.